The topological polar surface area (TPSA) is 71.9 Å². The molecule has 3 heterocycles. The van der Waals surface area contributed by atoms with Crippen LogP contribution in [-0.4, -0.2) is 40.2 Å². The molecule has 2 fully saturated rings. The third-order valence-electron chi connectivity index (χ3n) is 9.52. The molecule has 216 valence electrons. The van der Waals surface area contributed by atoms with Crippen LogP contribution in [0.4, 0.5) is 4.39 Å². The van der Waals surface area contributed by atoms with Crippen LogP contribution in [0.15, 0.2) is 48.7 Å². The van der Waals surface area contributed by atoms with Gasteiger partial charge in [-0.15, -0.1) is 0 Å². The zero-order chi connectivity index (χ0) is 28.9. The zero-order valence-corrected chi connectivity index (χ0v) is 24.3. The van der Waals surface area contributed by atoms with E-state index in [-0.39, 0.29) is 23.4 Å². The van der Waals surface area contributed by atoms with E-state index in [2.05, 4.69) is 48.0 Å². The monoisotopic (exact) mass is 558 g/mol. The first-order chi connectivity index (χ1) is 19.6. The molecule has 1 N–H and O–H groups in total. The Morgan fingerprint density at radius 3 is 2.63 bits per heavy atom. The van der Waals surface area contributed by atoms with E-state index in [0.717, 1.165) is 72.2 Å². The van der Waals surface area contributed by atoms with Gasteiger partial charge in [-0.1, -0.05) is 37.3 Å². The van der Waals surface area contributed by atoms with Gasteiger partial charge in [0.2, 0.25) is 5.88 Å². The molecule has 7 heteroatoms. The molecule has 0 bridgehead atoms. The zero-order valence-electron chi connectivity index (χ0n) is 24.3. The number of carbonyl (C=O) groups is 1. The SMILES string of the molecule is COc1cc(-c2ccc(C3CCc4ccc(C(C5CC5)[C@H](C)C(=O)O)cc4O3)cc2CN2CCC2(C)C)c(F)cn1. The molecule has 0 radical (unpaired) electrons. The van der Waals surface area contributed by atoms with Gasteiger partial charge in [0.05, 0.1) is 19.2 Å². The Balaban J connectivity index is 1.32. The molecular weight excluding hydrogens is 519 g/mol. The maximum absolute atomic E-state index is 15.1. The number of carboxylic acids is 1. The van der Waals surface area contributed by atoms with Crippen LogP contribution in [0.25, 0.3) is 11.1 Å². The Morgan fingerprint density at radius 1 is 1.17 bits per heavy atom. The van der Waals surface area contributed by atoms with E-state index in [1.807, 2.05) is 19.1 Å². The molecule has 1 aliphatic carbocycles. The molecule has 1 saturated heterocycles. The highest BCUT2D eigenvalue weighted by Crippen LogP contribution is 2.48. The second-order valence-corrected chi connectivity index (χ2v) is 12.6. The van der Waals surface area contributed by atoms with E-state index in [1.54, 1.807) is 6.07 Å². The third-order valence-corrected chi connectivity index (χ3v) is 9.52. The number of nitrogens with zero attached hydrogens (tertiary/aromatic N) is 2. The lowest BCUT2D eigenvalue weighted by Crippen LogP contribution is -2.54. The minimum absolute atomic E-state index is 0.000191. The highest BCUT2D eigenvalue weighted by Gasteiger charge is 2.39. The number of halogens is 1. The van der Waals surface area contributed by atoms with Gasteiger partial charge < -0.3 is 14.6 Å². The van der Waals surface area contributed by atoms with Crippen molar-refractivity contribution in [1.82, 2.24) is 9.88 Å². The van der Waals surface area contributed by atoms with E-state index in [4.69, 9.17) is 9.47 Å². The number of ether oxygens (including phenoxy) is 2. The van der Waals surface area contributed by atoms with Crippen LogP contribution in [0.1, 0.15) is 80.7 Å². The molecule has 3 atom stereocenters. The summed E-state index contributed by atoms with van der Waals surface area (Å²) in [5.74, 6) is 0.0878. The summed E-state index contributed by atoms with van der Waals surface area (Å²) in [7, 11) is 1.54. The highest BCUT2D eigenvalue weighted by molar-refractivity contribution is 5.71. The Bertz CT molecular complexity index is 1470. The summed E-state index contributed by atoms with van der Waals surface area (Å²) < 4.78 is 27.0. The van der Waals surface area contributed by atoms with Gasteiger partial charge in [-0.25, -0.2) is 9.37 Å². The molecule has 2 aromatic carbocycles. The third kappa shape index (κ3) is 5.44. The van der Waals surface area contributed by atoms with Crippen LogP contribution in [0.5, 0.6) is 11.6 Å². The largest absolute Gasteiger partial charge is 0.485 e. The molecule has 3 aliphatic rings. The van der Waals surface area contributed by atoms with Crippen LogP contribution in [0.3, 0.4) is 0 Å². The van der Waals surface area contributed by atoms with E-state index >= 15 is 4.39 Å². The Hall–Kier alpha value is -3.45. The van der Waals surface area contributed by atoms with Gasteiger partial charge in [0.15, 0.2) is 0 Å². The lowest BCUT2D eigenvalue weighted by Gasteiger charge is -2.49. The molecule has 3 aromatic rings. The summed E-state index contributed by atoms with van der Waals surface area (Å²) in [6, 6.07) is 14.2. The minimum atomic E-state index is -0.750. The second-order valence-electron chi connectivity index (χ2n) is 12.6. The molecular formula is C34H39FN2O4. The van der Waals surface area contributed by atoms with Gasteiger partial charge in [0.1, 0.15) is 17.7 Å². The number of aromatic nitrogens is 1. The maximum atomic E-state index is 15.1. The van der Waals surface area contributed by atoms with Crippen molar-refractivity contribution in [2.24, 2.45) is 11.8 Å². The van der Waals surface area contributed by atoms with E-state index in [9.17, 15) is 9.90 Å². The fraction of sp³-hybridized carbons (Fsp3) is 0.471. The molecule has 2 unspecified atom stereocenters. The van der Waals surface area contributed by atoms with E-state index in [1.165, 1.54) is 13.3 Å². The molecule has 2 aliphatic heterocycles. The summed E-state index contributed by atoms with van der Waals surface area (Å²) in [6.07, 6.45) is 6.10. The van der Waals surface area contributed by atoms with Crippen LogP contribution in [0, 0.1) is 17.7 Å². The van der Waals surface area contributed by atoms with Crippen molar-refractivity contribution in [3.8, 4) is 22.8 Å². The summed E-state index contributed by atoms with van der Waals surface area (Å²) in [5, 5.41) is 9.74. The van der Waals surface area contributed by atoms with Gasteiger partial charge in [0.25, 0.3) is 0 Å². The summed E-state index contributed by atoms with van der Waals surface area (Å²) in [4.78, 5) is 18.3. The van der Waals surface area contributed by atoms with Crippen molar-refractivity contribution < 1.29 is 23.8 Å². The number of fused-ring (bicyclic) bond motifs is 1. The number of likely N-dealkylation sites (tertiary alicyclic amines) is 1. The average molecular weight is 559 g/mol. The number of rotatable bonds is 9. The number of hydrogen-bond donors (Lipinski definition) is 1. The van der Waals surface area contributed by atoms with Crippen molar-refractivity contribution in [3.05, 3.63) is 76.7 Å². The lowest BCUT2D eigenvalue weighted by molar-refractivity contribution is -0.142. The Kier molecular flexibility index (Phi) is 7.26. The molecule has 1 saturated carbocycles. The quantitative estimate of drug-likeness (QED) is 0.300. The number of aliphatic carboxylic acids is 1. The summed E-state index contributed by atoms with van der Waals surface area (Å²) >= 11 is 0. The van der Waals surface area contributed by atoms with Crippen LogP contribution in [-0.2, 0) is 17.8 Å². The van der Waals surface area contributed by atoms with Gasteiger partial charge in [-0.05, 0) is 91.7 Å². The van der Waals surface area contributed by atoms with Crippen molar-refractivity contribution >= 4 is 5.97 Å². The fourth-order valence-corrected chi connectivity index (χ4v) is 6.57. The van der Waals surface area contributed by atoms with Crippen molar-refractivity contribution in [2.75, 3.05) is 13.7 Å². The number of hydrogen-bond acceptors (Lipinski definition) is 5. The van der Waals surface area contributed by atoms with Crippen LogP contribution >= 0.6 is 0 Å². The Labute approximate surface area is 241 Å². The van der Waals surface area contributed by atoms with Crippen LogP contribution in [0.2, 0.25) is 0 Å². The fourth-order valence-electron chi connectivity index (χ4n) is 6.57. The standard InChI is InChI=1S/C34H39FN2O4/c1-20(33(38)39)32(22-6-7-22)24-8-5-21-10-12-29(41-30(21)16-24)23-9-11-26(27-17-31(40-4)36-18-28(27)35)25(15-23)19-37-14-13-34(37,2)3/h5,8-9,11,15-18,20,22,29,32H,6-7,10,12-14,19H2,1-4H3,(H,38,39)/t20-,29?,32?/m0/s1. The molecule has 6 nitrogen and oxygen atoms in total. The smallest absolute Gasteiger partial charge is 0.306 e. The number of carboxylic acid groups (broad SMARTS) is 1. The number of aryl methyl sites for hydroxylation is 1. The van der Waals surface area contributed by atoms with Gasteiger partial charge >= 0.3 is 5.97 Å². The van der Waals surface area contributed by atoms with Gasteiger partial charge in [-0.2, -0.15) is 0 Å². The predicted octanol–water partition coefficient (Wildman–Crippen LogP) is 7.16. The van der Waals surface area contributed by atoms with Crippen LogP contribution < -0.4 is 9.47 Å². The number of methoxy groups -OCH3 is 1. The summed E-state index contributed by atoms with van der Waals surface area (Å²) in [5.41, 5.74) is 5.75. The maximum Gasteiger partial charge on any atom is 0.306 e. The second kappa shape index (κ2) is 10.8. The van der Waals surface area contributed by atoms with E-state index in [0.29, 0.717) is 23.9 Å². The summed E-state index contributed by atoms with van der Waals surface area (Å²) in [6.45, 7) is 8.03. The number of pyridine rings is 1. The van der Waals surface area contributed by atoms with Crippen molar-refractivity contribution in [2.45, 2.75) is 77.0 Å². The molecule has 41 heavy (non-hydrogen) atoms. The Morgan fingerprint density at radius 2 is 1.98 bits per heavy atom. The first-order valence-electron chi connectivity index (χ1n) is 14.7. The van der Waals surface area contributed by atoms with Gasteiger partial charge in [-0.3, -0.25) is 9.69 Å². The van der Waals surface area contributed by atoms with Crippen molar-refractivity contribution in [1.29, 1.82) is 0 Å². The lowest BCUT2D eigenvalue weighted by atomic mass is 9.82. The van der Waals surface area contributed by atoms with Gasteiger partial charge in [0, 0.05) is 30.3 Å². The average Bonchev–Trinajstić information content (AvgIpc) is 3.80. The number of benzene rings is 2. The molecule has 6 rings (SSSR count). The van der Waals surface area contributed by atoms with Crippen molar-refractivity contribution in [3.63, 3.8) is 0 Å². The van der Waals surface area contributed by atoms with E-state index < -0.39 is 11.9 Å². The first kappa shape index (κ1) is 27.7. The first-order valence-corrected chi connectivity index (χ1v) is 14.7. The minimum Gasteiger partial charge on any atom is -0.485 e. The molecule has 0 spiro atoms. The predicted molar refractivity (Wildman–Crippen MR) is 156 cm³/mol. The molecule has 0 amide bonds. The highest BCUT2D eigenvalue weighted by atomic mass is 19.1. The normalized spacial score (nSPS) is 21.2. The molecule has 1 aromatic heterocycles.